The molecule has 0 spiro atoms. The SMILES string of the molecule is Cc1cc(Cn2cc(CNC(C)C)nn2)no1. The summed E-state index contributed by atoms with van der Waals surface area (Å²) in [4.78, 5) is 0. The van der Waals surface area contributed by atoms with Crippen LogP contribution in [0.3, 0.4) is 0 Å². The first kappa shape index (κ1) is 11.8. The lowest BCUT2D eigenvalue weighted by atomic mass is 10.3. The van der Waals surface area contributed by atoms with Gasteiger partial charge in [-0.3, -0.25) is 0 Å². The lowest BCUT2D eigenvalue weighted by Gasteiger charge is -2.03. The molecule has 2 aromatic heterocycles. The molecule has 0 saturated carbocycles. The van der Waals surface area contributed by atoms with Gasteiger partial charge in [-0.15, -0.1) is 5.10 Å². The predicted molar refractivity (Wildman–Crippen MR) is 62.3 cm³/mol. The smallest absolute Gasteiger partial charge is 0.133 e. The zero-order valence-corrected chi connectivity index (χ0v) is 10.3. The normalized spacial score (nSPS) is 11.3. The zero-order valence-electron chi connectivity index (χ0n) is 10.3. The van der Waals surface area contributed by atoms with Crippen molar-refractivity contribution in [3.63, 3.8) is 0 Å². The van der Waals surface area contributed by atoms with Crippen LogP contribution in [0.5, 0.6) is 0 Å². The molecule has 0 aliphatic heterocycles. The van der Waals surface area contributed by atoms with Crippen LogP contribution in [0.4, 0.5) is 0 Å². The number of aryl methyl sites for hydroxylation is 1. The van der Waals surface area contributed by atoms with Crippen LogP contribution in [0.25, 0.3) is 0 Å². The lowest BCUT2D eigenvalue weighted by Crippen LogP contribution is -2.21. The Hall–Kier alpha value is -1.69. The highest BCUT2D eigenvalue weighted by atomic mass is 16.5. The highest BCUT2D eigenvalue weighted by Gasteiger charge is 2.05. The van der Waals surface area contributed by atoms with E-state index in [2.05, 4.69) is 34.6 Å². The molecule has 0 saturated heterocycles. The Labute approximate surface area is 100.0 Å². The van der Waals surface area contributed by atoms with Gasteiger partial charge in [-0.25, -0.2) is 4.68 Å². The average molecular weight is 235 g/mol. The summed E-state index contributed by atoms with van der Waals surface area (Å²) in [6.07, 6.45) is 1.92. The minimum Gasteiger partial charge on any atom is -0.361 e. The van der Waals surface area contributed by atoms with Gasteiger partial charge in [0.15, 0.2) is 0 Å². The maximum absolute atomic E-state index is 5.00. The molecule has 0 unspecified atom stereocenters. The third-order valence-electron chi connectivity index (χ3n) is 2.28. The van der Waals surface area contributed by atoms with Gasteiger partial charge in [-0.05, 0) is 6.92 Å². The first-order chi connectivity index (χ1) is 8.13. The van der Waals surface area contributed by atoms with E-state index in [0.29, 0.717) is 12.6 Å². The molecule has 6 heteroatoms. The third kappa shape index (κ3) is 3.39. The van der Waals surface area contributed by atoms with E-state index in [1.807, 2.05) is 19.2 Å². The Morgan fingerprint density at radius 3 is 2.88 bits per heavy atom. The van der Waals surface area contributed by atoms with E-state index in [0.717, 1.165) is 23.7 Å². The van der Waals surface area contributed by atoms with Crippen molar-refractivity contribution in [2.75, 3.05) is 0 Å². The van der Waals surface area contributed by atoms with Crippen LogP contribution < -0.4 is 5.32 Å². The number of rotatable bonds is 5. The molecule has 2 aromatic rings. The monoisotopic (exact) mass is 235 g/mol. The minimum absolute atomic E-state index is 0.443. The molecule has 17 heavy (non-hydrogen) atoms. The van der Waals surface area contributed by atoms with Crippen molar-refractivity contribution < 1.29 is 4.52 Å². The van der Waals surface area contributed by atoms with Crippen molar-refractivity contribution in [1.29, 1.82) is 0 Å². The largest absolute Gasteiger partial charge is 0.361 e. The van der Waals surface area contributed by atoms with Crippen LogP contribution in [0.2, 0.25) is 0 Å². The summed E-state index contributed by atoms with van der Waals surface area (Å²) in [7, 11) is 0. The third-order valence-corrected chi connectivity index (χ3v) is 2.28. The fourth-order valence-electron chi connectivity index (χ4n) is 1.46. The van der Waals surface area contributed by atoms with Crippen molar-refractivity contribution in [2.45, 2.75) is 39.9 Å². The fraction of sp³-hybridized carbons (Fsp3) is 0.545. The molecule has 2 rings (SSSR count). The van der Waals surface area contributed by atoms with Crippen molar-refractivity contribution in [1.82, 2.24) is 25.5 Å². The van der Waals surface area contributed by atoms with Crippen LogP contribution in [0.15, 0.2) is 16.8 Å². The van der Waals surface area contributed by atoms with E-state index in [1.165, 1.54) is 0 Å². The summed E-state index contributed by atoms with van der Waals surface area (Å²) < 4.78 is 6.76. The number of aromatic nitrogens is 4. The van der Waals surface area contributed by atoms with Gasteiger partial charge in [0.05, 0.1) is 18.4 Å². The second-order valence-electron chi connectivity index (χ2n) is 4.37. The standard InChI is InChI=1S/C11H17N5O/c1-8(2)12-5-11-7-16(15-13-11)6-10-4-9(3)17-14-10/h4,7-8,12H,5-6H2,1-3H3. The zero-order chi connectivity index (χ0) is 12.3. The van der Waals surface area contributed by atoms with Crippen LogP contribution >= 0.6 is 0 Å². The first-order valence-corrected chi connectivity index (χ1v) is 5.68. The first-order valence-electron chi connectivity index (χ1n) is 5.68. The second-order valence-corrected chi connectivity index (χ2v) is 4.37. The van der Waals surface area contributed by atoms with E-state index in [9.17, 15) is 0 Å². The van der Waals surface area contributed by atoms with Crippen molar-refractivity contribution in [3.05, 3.63) is 29.4 Å². The van der Waals surface area contributed by atoms with Gasteiger partial charge in [0.2, 0.25) is 0 Å². The van der Waals surface area contributed by atoms with Crippen molar-refractivity contribution >= 4 is 0 Å². The van der Waals surface area contributed by atoms with Crippen LogP contribution in [-0.4, -0.2) is 26.2 Å². The van der Waals surface area contributed by atoms with E-state index in [1.54, 1.807) is 4.68 Å². The molecule has 92 valence electrons. The fourth-order valence-corrected chi connectivity index (χ4v) is 1.46. The van der Waals surface area contributed by atoms with Crippen molar-refractivity contribution in [3.8, 4) is 0 Å². The summed E-state index contributed by atoms with van der Waals surface area (Å²) in [5, 5.41) is 15.3. The summed E-state index contributed by atoms with van der Waals surface area (Å²) in [6, 6.07) is 2.34. The van der Waals surface area contributed by atoms with Gasteiger partial charge in [0.25, 0.3) is 0 Å². The van der Waals surface area contributed by atoms with Gasteiger partial charge in [-0.1, -0.05) is 24.2 Å². The molecule has 6 nitrogen and oxygen atoms in total. The summed E-state index contributed by atoms with van der Waals surface area (Å²) in [6.45, 7) is 7.39. The van der Waals surface area contributed by atoms with Gasteiger partial charge in [-0.2, -0.15) is 0 Å². The predicted octanol–water partition coefficient (Wildman–Crippen LogP) is 1.12. The van der Waals surface area contributed by atoms with E-state index >= 15 is 0 Å². The van der Waals surface area contributed by atoms with Crippen LogP contribution in [0.1, 0.15) is 31.0 Å². The number of nitrogens with zero attached hydrogens (tertiary/aromatic N) is 4. The van der Waals surface area contributed by atoms with Crippen molar-refractivity contribution in [2.24, 2.45) is 0 Å². The summed E-state index contributed by atoms with van der Waals surface area (Å²) in [5.41, 5.74) is 1.79. The van der Waals surface area contributed by atoms with E-state index in [-0.39, 0.29) is 0 Å². The Morgan fingerprint density at radius 1 is 1.41 bits per heavy atom. The molecule has 0 aliphatic rings. The molecule has 0 bridgehead atoms. The minimum atomic E-state index is 0.443. The maximum Gasteiger partial charge on any atom is 0.133 e. The molecular weight excluding hydrogens is 218 g/mol. The molecule has 0 radical (unpaired) electrons. The quantitative estimate of drug-likeness (QED) is 0.841. The Bertz CT molecular complexity index is 474. The number of hydrogen-bond acceptors (Lipinski definition) is 5. The Kier molecular flexibility index (Phi) is 3.53. The lowest BCUT2D eigenvalue weighted by molar-refractivity contribution is 0.387. The number of hydrogen-bond donors (Lipinski definition) is 1. The Morgan fingerprint density at radius 2 is 2.24 bits per heavy atom. The molecule has 0 fully saturated rings. The highest BCUT2D eigenvalue weighted by Crippen LogP contribution is 2.03. The molecule has 0 aromatic carbocycles. The Balaban J connectivity index is 1.94. The van der Waals surface area contributed by atoms with E-state index < -0.39 is 0 Å². The van der Waals surface area contributed by atoms with Gasteiger partial charge in [0.1, 0.15) is 11.5 Å². The molecule has 2 heterocycles. The second kappa shape index (κ2) is 5.09. The number of nitrogens with one attached hydrogen (secondary N) is 1. The molecular formula is C11H17N5O. The summed E-state index contributed by atoms with van der Waals surface area (Å²) in [5.74, 6) is 0.807. The molecule has 0 atom stereocenters. The van der Waals surface area contributed by atoms with E-state index in [4.69, 9.17) is 4.52 Å². The topological polar surface area (TPSA) is 68.8 Å². The van der Waals surface area contributed by atoms with Gasteiger partial charge >= 0.3 is 0 Å². The highest BCUT2D eigenvalue weighted by molar-refractivity contribution is 5.04. The average Bonchev–Trinajstić information content (AvgIpc) is 2.86. The summed E-state index contributed by atoms with van der Waals surface area (Å²) >= 11 is 0. The maximum atomic E-state index is 5.00. The van der Waals surface area contributed by atoms with Crippen LogP contribution in [-0.2, 0) is 13.1 Å². The van der Waals surface area contributed by atoms with Gasteiger partial charge < -0.3 is 9.84 Å². The molecule has 0 amide bonds. The van der Waals surface area contributed by atoms with Crippen LogP contribution in [0, 0.1) is 6.92 Å². The van der Waals surface area contributed by atoms with Gasteiger partial charge in [0, 0.05) is 18.7 Å². The molecule has 0 aliphatic carbocycles. The molecule has 1 N–H and O–H groups in total.